The smallest absolute Gasteiger partial charge is 0.423 e. The molecule has 0 aliphatic carbocycles. The molecule has 0 unspecified atom stereocenters. The van der Waals surface area contributed by atoms with E-state index in [-0.39, 0.29) is 21.8 Å². The standard InChI is InChI=1S/C20H14N2O2.C14H10BrN.C14H11N.C6H6BNO4/c23-22(24)16-10-6-9-15(13-16)19-17-11-4-5-12-18(17)21-20(19)14-7-2-1-3-8-14;15-13-11-8-4-5-9-12(11)16-14(13)10-6-2-1-3-7-10;1-2-6-11(7-3-1)14-10-12-8-4-5-9-13(12)15-14;9-7(10)5-2-1-3-6(4-5)8(11)12/h1-13,21H;1-9,16H;1-10,15H;1-4,9-10H. The van der Waals surface area contributed by atoms with Gasteiger partial charge in [-0.3, -0.25) is 20.2 Å². The molecular weight excluding hydrogens is 905 g/mol. The van der Waals surface area contributed by atoms with Crippen LogP contribution in [0.25, 0.3) is 77.6 Å². The normalized spacial score (nSPS) is 10.6. The number of aromatic amines is 3. The zero-order valence-corrected chi connectivity index (χ0v) is 37.2. The van der Waals surface area contributed by atoms with Crippen molar-refractivity contribution in [2.75, 3.05) is 0 Å². The molecule has 3 heterocycles. The number of rotatable bonds is 7. The van der Waals surface area contributed by atoms with E-state index in [0.717, 1.165) is 55.0 Å². The van der Waals surface area contributed by atoms with Gasteiger partial charge in [0, 0.05) is 68.2 Å². The topological polar surface area (TPSA) is 174 Å². The Labute approximate surface area is 393 Å². The van der Waals surface area contributed by atoms with Crippen LogP contribution in [0.15, 0.2) is 223 Å². The van der Waals surface area contributed by atoms with Crippen LogP contribution in [0.2, 0.25) is 0 Å². The third-order valence-electron chi connectivity index (χ3n) is 10.8. The highest BCUT2D eigenvalue weighted by molar-refractivity contribution is 9.10. The maximum absolute atomic E-state index is 11.1. The second-order valence-electron chi connectivity index (χ2n) is 15.2. The van der Waals surface area contributed by atoms with Crippen molar-refractivity contribution in [1.82, 2.24) is 15.0 Å². The SMILES string of the molecule is Brc1c(-c2ccccc2)[nH]c2ccccc12.O=[N+]([O-])c1cccc(-c2c(-c3ccccc3)[nH]c3ccccc23)c1.O=[N+]([O-])c1cccc(B(O)O)c1.c1ccc(-c2cc3ccccc3[nH]2)cc1. The van der Waals surface area contributed by atoms with Crippen LogP contribution in [-0.4, -0.2) is 42.0 Å². The third kappa shape index (κ3) is 10.8. The molecule has 13 heteroatoms. The Morgan fingerprint density at radius 1 is 0.433 bits per heavy atom. The molecule has 8 aromatic carbocycles. The van der Waals surface area contributed by atoms with Gasteiger partial charge >= 0.3 is 7.12 Å². The summed E-state index contributed by atoms with van der Waals surface area (Å²) >= 11 is 3.66. The molecule has 0 bridgehead atoms. The first-order valence-corrected chi connectivity index (χ1v) is 21.9. The van der Waals surface area contributed by atoms with Gasteiger partial charge in [0.1, 0.15) is 0 Å². The molecule has 3 aromatic heterocycles. The first-order chi connectivity index (χ1) is 32.6. The number of hydrogen-bond donors (Lipinski definition) is 5. The van der Waals surface area contributed by atoms with Crippen LogP contribution in [0.1, 0.15) is 0 Å². The second kappa shape index (κ2) is 21.1. The second-order valence-corrected chi connectivity index (χ2v) is 16.0. The first kappa shape index (κ1) is 45.2. The molecule has 67 heavy (non-hydrogen) atoms. The lowest BCUT2D eigenvalue weighted by Crippen LogP contribution is -2.29. The summed E-state index contributed by atoms with van der Waals surface area (Å²) < 4.78 is 1.13. The van der Waals surface area contributed by atoms with Crippen LogP contribution in [0, 0.1) is 20.2 Å². The summed E-state index contributed by atoms with van der Waals surface area (Å²) in [7, 11) is -1.66. The van der Waals surface area contributed by atoms with Gasteiger partial charge in [0.25, 0.3) is 11.4 Å². The molecule has 0 spiro atoms. The van der Waals surface area contributed by atoms with Gasteiger partial charge < -0.3 is 25.0 Å². The Morgan fingerprint density at radius 2 is 0.896 bits per heavy atom. The quantitative estimate of drug-likeness (QED) is 0.0604. The summed E-state index contributed by atoms with van der Waals surface area (Å²) in [5.74, 6) is 0. The fraction of sp³-hybridized carbons (Fsp3) is 0. The molecule has 328 valence electrons. The highest BCUT2D eigenvalue weighted by Gasteiger charge is 2.17. The van der Waals surface area contributed by atoms with Crippen LogP contribution in [-0.2, 0) is 0 Å². The Bertz CT molecular complexity index is 3400. The zero-order chi connectivity index (χ0) is 46.7. The van der Waals surface area contributed by atoms with Crippen molar-refractivity contribution in [3.63, 3.8) is 0 Å². The molecule has 11 nitrogen and oxygen atoms in total. The van der Waals surface area contributed by atoms with E-state index >= 15 is 0 Å². The number of benzene rings is 8. The van der Waals surface area contributed by atoms with Gasteiger partial charge in [-0.1, -0.05) is 170 Å². The van der Waals surface area contributed by atoms with Crippen molar-refractivity contribution < 1.29 is 19.9 Å². The Kier molecular flexibility index (Phi) is 14.2. The van der Waals surface area contributed by atoms with E-state index in [2.05, 4.69) is 110 Å². The van der Waals surface area contributed by atoms with Gasteiger partial charge in [0.15, 0.2) is 0 Å². The Morgan fingerprint density at radius 3 is 1.48 bits per heavy atom. The minimum Gasteiger partial charge on any atom is -0.423 e. The summed E-state index contributed by atoms with van der Waals surface area (Å²) in [6.45, 7) is 0. The van der Waals surface area contributed by atoms with E-state index in [1.54, 1.807) is 12.1 Å². The number of fused-ring (bicyclic) bond motifs is 3. The minimum atomic E-state index is -1.66. The molecule has 0 fully saturated rings. The average molecular weight is 947 g/mol. The molecule has 5 N–H and O–H groups in total. The van der Waals surface area contributed by atoms with Gasteiger partial charge in [0.05, 0.1) is 25.7 Å². The van der Waals surface area contributed by atoms with Gasteiger partial charge in [0.2, 0.25) is 0 Å². The fourth-order valence-corrected chi connectivity index (χ4v) is 8.27. The van der Waals surface area contributed by atoms with Crippen LogP contribution < -0.4 is 5.46 Å². The van der Waals surface area contributed by atoms with Crippen molar-refractivity contribution in [2.24, 2.45) is 0 Å². The number of para-hydroxylation sites is 3. The highest BCUT2D eigenvalue weighted by atomic mass is 79.9. The zero-order valence-electron chi connectivity index (χ0n) is 35.7. The van der Waals surface area contributed by atoms with E-state index in [4.69, 9.17) is 10.0 Å². The molecule has 0 saturated carbocycles. The van der Waals surface area contributed by atoms with Gasteiger partial charge in [-0.15, -0.1) is 0 Å². The molecule has 0 saturated heterocycles. The Balaban J connectivity index is 0.000000125. The number of nitro benzene ring substituents is 2. The largest absolute Gasteiger partial charge is 0.488 e. The predicted molar refractivity (Wildman–Crippen MR) is 274 cm³/mol. The number of nitrogens with zero attached hydrogens (tertiary/aromatic N) is 2. The fourth-order valence-electron chi connectivity index (χ4n) is 7.60. The summed E-state index contributed by atoms with van der Waals surface area (Å²) in [6, 6.07) is 69.5. The van der Waals surface area contributed by atoms with Crippen LogP contribution in [0.3, 0.4) is 0 Å². The average Bonchev–Trinajstić information content (AvgIpc) is 4.09. The van der Waals surface area contributed by atoms with E-state index in [0.29, 0.717) is 0 Å². The maximum Gasteiger partial charge on any atom is 0.488 e. The van der Waals surface area contributed by atoms with Crippen LogP contribution in [0.5, 0.6) is 0 Å². The summed E-state index contributed by atoms with van der Waals surface area (Å²) in [5.41, 5.74) is 12.0. The van der Waals surface area contributed by atoms with E-state index in [9.17, 15) is 20.2 Å². The molecule has 0 atom stereocenters. The van der Waals surface area contributed by atoms with Gasteiger partial charge in [-0.05, 0) is 67.9 Å². The summed E-state index contributed by atoms with van der Waals surface area (Å²) in [6.07, 6.45) is 0. The number of nitro groups is 2. The van der Waals surface area contributed by atoms with Crippen LogP contribution in [0.4, 0.5) is 11.4 Å². The first-order valence-electron chi connectivity index (χ1n) is 21.1. The maximum atomic E-state index is 11.1. The van der Waals surface area contributed by atoms with Crippen molar-refractivity contribution in [3.05, 3.63) is 243 Å². The lowest BCUT2D eigenvalue weighted by Gasteiger charge is -2.06. The van der Waals surface area contributed by atoms with Crippen molar-refractivity contribution in [3.8, 4) is 44.9 Å². The van der Waals surface area contributed by atoms with Crippen molar-refractivity contribution >= 4 is 72.6 Å². The number of nitrogens with one attached hydrogen (secondary N) is 3. The van der Waals surface area contributed by atoms with Crippen molar-refractivity contribution in [2.45, 2.75) is 0 Å². The molecule has 0 aliphatic rings. The molecule has 0 radical (unpaired) electrons. The summed E-state index contributed by atoms with van der Waals surface area (Å²) in [4.78, 5) is 30.7. The lowest BCUT2D eigenvalue weighted by atomic mass is 9.80. The predicted octanol–water partition coefficient (Wildman–Crippen LogP) is 13.1. The molecular formula is C54H41BBrN5O6. The monoisotopic (exact) mass is 945 g/mol. The van der Waals surface area contributed by atoms with Gasteiger partial charge in [-0.2, -0.15) is 0 Å². The van der Waals surface area contributed by atoms with E-state index < -0.39 is 12.0 Å². The van der Waals surface area contributed by atoms with E-state index in [1.807, 2.05) is 97.1 Å². The number of hydrogen-bond acceptors (Lipinski definition) is 6. The molecule has 0 amide bonds. The third-order valence-corrected chi connectivity index (χ3v) is 11.6. The Hall–Kier alpha value is -8.36. The number of H-pyrrole nitrogens is 3. The van der Waals surface area contributed by atoms with E-state index in [1.165, 1.54) is 57.4 Å². The van der Waals surface area contributed by atoms with Crippen LogP contribution >= 0.6 is 15.9 Å². The molecule has 0 aliphatic heterocycles. The number of aromatic nitrogens is 3. The summed E-state index contributed by atoms with van der Waals surface area (Å²) in [5, 5.41) is 42.2. The molecule has 11 rings (SSSR count). The number of halogens is 1. The number of non-ortho nitro benzene ring substituents is 2. The minimum absolute atomic E-state index is 0.0943. The highest BCUT2D eigenvalue weighted by Crippen LogP contribution is 2.39. The lowest BCUT2D eigenvalue weighted by molar-refractivity contribution is -0.385. The van der Waals surface area contributed by atoms with Gasteiger partial charge in [-0.25, -0.2) is 0 Å². The molecule has 11 aromatic rings. The van der Waals surface area contributed by atoms with Crippen molar-refractivity contribution in [1.29, 1.82) is 0 Å².